The number of anilines is 1. The fraction of sp³-hybridized carbons (Fsp3) is 0.133. The van der Waals surface area contributed by atoms with Crippen molar-refractivity contribution in [2.24, 2.45) is 0 Å². The molecule has 0 saturated heterocycles. The van der Waals surface area contributed by atoms with Gasteiger partial charge in [0.2, 0.25) is 5.91 Å². The van der Waals surface area contributed by atoms with Crippen molar-refractivity contribution in [1.29, 1.82) is 0 Å². The number of likely N-dealkylation sites (N-methyl/N-ethyl adjacent to an activating group) is 1. The fourth-order valence-corrected chi connectivity index (χ4v) is 1.78. The van der Waals surface area contributed by atoms with Crippen LogP contribution in [0, 0.1) is 17.5 Å². The average molecular weight is 279 g/mol. The number of carbonyl (C=O) groups is 1. The Hall–Kier alpha value is -2.30. The quantitative estimate of drug-likeness (QED) is 0.789. The zero-order chi connectivity index (χ0) is 14.7. The van der Waals surface area contributed by atoms with Gasteiger partial charge in [-0.3, -0.25) is 4.79 Å². The van der Waals surface area contributed by atoms with Crippen LogP contribution in [0.25, 0.3) is 0 Å². The zero-order valence-electron chi connectivity index (χ0n) is 10.7. The molecule has 2 nitrogen and oxygen atoms in total. The lowest BCUT2D eigenvalue weighted by Crippen LogP contribution is -2.28. The highest BCUT2D eigenvalue weighted by atomic mass is 19.2. The number of rotatable bonds is 3. The second-order valence-corrected chi connectivity index (χ2v) is 4.32. The van der Waals surface area contributed by atoms with E-state index in [-0.39, 0.29) is 12.0 Å². The smallest absolute Gasteiger partial charge is 0.231 e. The third kappa shape index (κ3) is 2.99. The minimum atomic E-state index is -1.27. The molecule has 2 aromatic carbocycles. The van der Waals surface area contributed by atoms with E-state index in [2.05, 4.69) is 0 Å². The van der Waals surface area contributed by atoms with Crippen molar-refractivity contribution in [2.75, 3.05) is 11.9 Å². The van der Waals surface area contributed by atoms with E-state index in [1.54, 1.807) is 30.3 Å². The summed E-state index contributed by atoms with van der Waals surface area (Å²) in [5.41, 5.74) is 0.470. The summed E-state index contributed by atoms with van der Waals surface area (Å²) >= 11 is 0. The lowest BCUT2D eigenvalue weighted by Gasteiger charge is -2.17. The van der Waals surface area contributed by atoms with Crippen molar-refractivity contribution in [3.63, 3.8) is 0 Å². The van der Waals surface area contributed by atoms with Crippen molar-refractivity contribution in [3.05, 3.63) is 65.5 Å². The molecule has 2 rings (SSSR count). The molecule has 2 aromatic rings. The largest absolute Gasteiger partial charge is 0.315 e. The molecule has 0 radical (unpaired) electrons. The molecule has 0 spiro atoms. The Balaban J connectivity index is 2.18. The van der Waals surface area contributed by atoms with Gasteiger partial charge in [0.15, 0.2) is 11.6 Å². The monoisotopic (exact) mass is 279 g/mol. The predicted molar refractivity (Wildman–Crippen MR) is 69.9 cm³/mol. The molecule has 0 aromatic heterocycles. The summed E-state index contributed by atoms with van der Waals surface area (Å²) in [6.07, 6.45) is -0.339. The normalized spacial score (nSPS) is 10.4. The summed E-state index contributed by atoms with van der Waals surface area (Å²) in [5, 5.41) is 0. The number of hydrogen-bond donors (Lipinski definition) is 0. The van der Waals surface area contributed by atoms with Crippen LogP contribution in [0.4, 0.5) is 18.9 Å². The molecule has 20 heavy (non-hydrogen) atoms. The molecule has 0 aliphatic heterocycles. The highest BCUT2D eigenvalue weighted by Crippen LogP contribution is 2.17. The van der Waals surface area contributed by atoms with E-state index in [1.807, 2.05) is 0 Å². The van der Waals surface area contributed by atoms with Gasteiger partial charge in [-0.25, -0.2) is 13.2 Å². The number of amides is 1. The van der Waals surface area contributed by atoms with E-state index in [4.69, 9.17) is 0 Å². The van der Waals surface area contributed by atoms with Crippen LogP contribution in [0.5, 0.6) is 0 Å². The van der Waals surface area contributed by atoms with Crippen molar-refractivity contribution in [1.82, 2.24) is 0 Å². The highest BCUT2D eigenvalue weighted by molar-refractivity contribution is 5.94. The maximum absolute atomic E-state index is 13.5. The molecule has 0 heterocycles. The molecular formula is C15H12F3NO. The van der Waals surface area contributed by atoms with Gasteiger partial charge in [-0.1, -0.05) is 18.2 Å². The number of nitrogens with zero attached hydrogens (tertiary/aromatic N) is 1. The molecule has 104 valence electrons. The number of benzene rings is 2. The molecule has 0 saturated carbocycles. The van der Waals surface area contributed by atoms with Crippen LogP contribution in [0.1, 0.15) is 5.56 Å². The maximum atomic E-state index is 13.5. The third-order valence-corrected chi connectivity index (χ3v) is 2.95. The Morgan fingerprint density at radius 1 is 1.00 bits per heavy atom. The van der Waals surface area contributed by atoms with Crippen LogP contribution >= 0.6 is 0 Å². The Morgan fingerprint density at radius 3 is 2.25 bits per heavy atom. The first kappa shape index (κ1) is 14.1. The Morgan fingerprint density at radius 2 is 1.60 bits per heavy atom. The van der Waals surface area contributed by atoms with E-state index in [1.165, 1.54) is 11.9 Å². The van der Waals surface area contributed by atoms with Crippen LogP contribution in [-0.4, -0.2) is 13.0 Å². The summed E-state index contributed by atoms with van der Waals surface area (Å²) in [5.74, 6) is -3.79. The lowest BCUT2D eigenvalue weighted by atomic mass is 10.1. The summed E-state index contributed by atoms with van der Waals surface area (Å²) in [6, 6.07) is 9.92. The molecule has 0 unspecified atom stereocenters. The standard InChI is InChI=1S/C15H12F3NO/c1-19(11-5-3-2-4-6-11)15(20)8-10-7-13(17)14(18)9-12(10)16/h2-7,9H,8H2,1H3. The van der Waals surface area contributed by atoms with Gasteiger partial charge in [0, 0.05) is 24.4 Å². The molecule has 5 heteroatoms. The highest BCUT2D eigenvalue weighted by Gasteiger charge is 2.16. The molecule has 0 N–H and O–H groups in total. The molecule has 0 aliphatic carbocycles. The molecule has 0 aliphatic rings. The van der Waals surface area contributed by atoms with Gasteiger partial charge in [0.05, 0.1) is 6.42 Å². The minimum Gasteiger partial charge on any atom is -0.315 e. The second kappa shape index (κ2) is 5.77. The number of carbonyl (C=O) groups excluding carboxylic acids is 1. The van der Waals surface area contributed by atoms with Crippen LogP contribution in [-0.2, 0) is 11.2 Å². The number of hydrogen-bond acceptors (Lipinski definition) is 1. The van der Waals surface area contributed by atoms with Crippen molar-refractivity contribution in [3.8, 4) is 0 Å². The minimum absolute atomic E-state index is 0.170. The van der Waals surface area contributed by atoms with Crippen LogP contribution < -0.4 is 4.90 Å². The Kier molecular flexibility index (Phi) is 4.08. The van der Waals surface area contributed by atoms with Gasteiger partial charge in [0.1, 0.15) is 5.82 Å². The molecule has 0 bridgehead atoms. The van der Waals surface area contributed by atoms with E-state index < -0.39 is 23.4 Å². The summed E-state index contributed by atoms with van der Waals surface area (Å²) in [4.78, 5) is 13.3. The van der Waals surface area contributed by atoms with Gasteiger partial charge in [-0.15, -0.1) is 0 Å². The summed E-state index contributed by atoms with van der Waals surface area (Å²) in [7, 11) is 1.54. The SMILES string of the molecule is CN(C(=O)Cc1cc(F)c(F)cc1F)c1ccccc1. The van der Waals surface area contributed by atoms with Crippen molar-refractivity contribution < 1.29 is 18.0 Å². The lowest BCUT2D eigenvalue weighted by molar-refractivity contribution is -0.117. The van der Waals surface area contributed by atoms with E-state index >= 15 is 0 Å². The van der Waals surface area contributed by atoms with Crippen LogP contribution in [0.15, 0.2) is 42.5 Å². The van der Waals surface area contributed by atoms with E-state index in [9.17, 15) is 18.0 Å². The molecule has 1 amide bonds. The predicted octanol–water partition coefficient (Wildman–Crippen LogP) is 3.31. The van der Waals surface area contributed by atoms with Gasteiger partial charge >= 0.3 is 0 Å². The molecular weight excluding hydrogens is 267 g/mol. The number of halogens is 3. The Bertz CT molecular complexity index is 629. The summed E-state index contributed by atoms with van der Waals surface area (Å²) < 4.78 is 39.4. The first-order chi connectivity index (χ1) is 9.49. The van der Waals surface area contributed by atoms with Gasteiger partial charge < -0.3 is 4.90 Å². The van der Waals surface area contributed by atoms with Crippen molar-refractivity contribution in [2.45, 2.75) is 6.42 Å². The first-order valence-corrected chi connectivity index (χ1v) is 5.94. The van der Waals surface area contributed by atoms with Crippen molar-refractivity contribution >= 4 is 11.6 Å². The van der Waals surface area contributed by atoms with Gasteiger partial charge in [0.25, 0.3) is 0 Å². The maximum Gasteiger partial charge on any atom is 0.231 e. The summed E-state index contributed by atoms with van der Waals surface area (Å²) in [6.45, 7) is 0. The van der Waals surface area contributed by atoms with E-state index in [0.29, 0.717) is 17.8 Å². The topological polar surface area (TPSA) is 20.3 Å². The van der Waals surface area contributed by atoms with Gasteiger partial charge in [-0.05, 0) is 18.2 Å². The molecule has 0 atom stereocenters. The van der Waals surface area contributed by atoms with E-state index in [0.717, 1.165) is 0 Å². The van der Waals surface area contributed by atoms with Crippen LogP contribution in [0.3, 0.4) is 0 Å². The Labute approximate surface area is 114 Å². The fourth-order valence-electron chi connectivity index (χ4n) is 1.78. The first-order valence-electron chi connectivity index (χ1n) is 5.94. The average Bonchev–Trinajstić information content (AvgIpc) is 2.44. The van der Waals surface area contributed by atoms with Gasteiger partial charge in [-0.2, -0.15) is 0 Å². The second-order valence-electron chi connectivity index (χ2n) is 4.32. The molecule has 0 fully saturated rings. The number of para-hydroxylation sites is 1. The third-order valence-electron chi connectivity index (χ3n) is 2.95. The van der Waals surface area contributed by atoms with Crippen LogP contribution in [0.2, 0.25) is 0 Å². The zero-order valence-corrected chi connectivity index (χ0v) is 10.7.